The molecule has 0 radical (unpaired) electrons. The molecule has 0 spiro atoms. The molecule has 0 fully saturated rings. The van der Waals surface area contributed by atoms with Gasteiger partial charge >= 0.3 is 0 Å². The van der Waals surface area contributed by atoms with E-state index in [1.807, 2.05) is 60.7 Å². The summed E-state index contributed by atoms with van der Waals surface area (Å²) >= 11 is 0. The minimum Gasteiger partial charge on any atom is -0.310 e. The monoisotopic (exact) mass is 703 g/mol. The summed E-state index contributed by atoms with van der Waals surface area (Å²) in [6.07, 6.45) is 0. The Balaban J connectivity index is 1.22. The molecular weight excluding hydrogens is 671 g/mol. The number of aromatic nitrogens is 4. The van der Waals surface area contributed by atoms with Crippen molar-refractivity contribution in [1.29, 1.82) is 0 Å². The molecule has 0 N–H and O–H groups in total. The van der Waals surface area contributed by atoms with Gasteiger partial charge in [0.15, 0.2) is 17.5 Å². The fourth-order valence-corrected chi connectivity index (χ4v) is 7.49. The van der Waals surface area contributed by atoms with Crippen LogP contribution in [0.1, 0.15) is 0 Å². The third kappa shape index (κ3) is 5.94. The van der Waals surface area contributed by atoms with Gasteiger partial charge in [0, 0.05) is 49.8 Å². The first-order chi connectivity index (χ1) is 27.3. The van der Waals surface area contributed by atoms with Gasteiger partial charge in [0.2, 0.25) is 0 Å². The fourth-order valence-electron chi connectivity index (χ4n) is 7.49. The number of nitrogens with zero attached hydrogens (tertiary/aromatic N) is 5. The van der Waals surface area contributed by atoms with Crippen LogP contribution in [0.3, 0.4) is 0 Å². The molecular formula is C50H33N5. The predicted octanol–water partition coefficient (Wildman–Crippen LogP) is 12.9. The zero-order valence-electron chi connectivity index (χ0n) is 29.8. The van der Waals surface area contributed by atoms with E-state index in [1.165, 1.54) is 10.8 Å². The standard InChI is InChI=1S/C50H33N5/c1-5-17-35(18-6-1)48-52-49(36-19-7-2-8-20-36)54-50(53-48)37-31-29-34(30-32-37)47-46-44(55(39-22-9-3-10-23-39)40-24-11-4-12-25-40)33-38-21-13-14-26-41(38)45(46)42-27-15-16-28-43(42)51-47/h1-33H. The number of benzene rings is 8. The smallest absolute Gasteiger partial charge is 0.164 e. The lowest BCUT2D eigenvalue weighted by Crippen LogP contribution is -2.11. The Morgan fingerprint density at radius 1 is 0.327 bits per heavy atom. The minimum absolute atomic E-state index is 0.613. The van der Waals surface area contributed by atoms with Crippen molar-refractivity contribution < 1.29 is 0 Å². The summed E-state index contributed by atoms with van der Waals surface area (Å²) in [4.78, 5) is 22.7. The highest BCUT2D eigenvalue weighted by Crippen LogP contribution is 2.47. The first-order valence-corrected chi connectivity index (χ1v) is 18.4. The lowest BCUT2D eigenvalue weighted by Gasteiger charge is -2.28. The second kappa shape index (κ2) is 13.8. The van der Waals surface area contributed by atoms with Gasteiger partial charge in [0.25, 0.3) is 0 Å². The molecule has 55 heavy (non-hydrogen) atoms. The van der Waals surface area contributed by atoms with Crippen molar-refractivity contribution in [2.75, 3.05) is 4.90 Å². The SMILES string of the molecule is c1ccc(-c2nc(-c3ccccc3)nc(-c3ccc(-c4nc5ccccc5c5c4c(N(c4ccccc4)c4ccccc4)cc4ccccc45)cc3)n2)cc1. The Hall–Kier alpha value is -7.50. The van der Waals surface area contributed by atoms with E-state index < -0.39 is 0 Å². The van der Waals surface area contributed by atoms with Gasteiger partial charge in [-0.15, -0.1) is 0 Å². The van der Waals surface area contributed by atoms with Gasteiger partial charge in [-0.05, 0) is 47.2 Å². The molecule has 0 unspecified atom stereocenters. The number of pyridine rings is 1. The van der Waals surface area contributed by atoms with Crippen molar-refractivity contribution in [3.63, 3.8) is 0 Å². The average molecular weight is 704 g/mol. The van der Waals surface area contributed by atoms with Gasteiger partial charge in [-0.1, -0.05) is 164 Å². The van der Waals surface area contributed by atoms with Crippen LogP contribution in [0, 0.1) is 0 Å². The molecule has 8 aromatic carbocycles. The molecule has 0 aliphatic heterocycles. The Morgan fingerprint density at radius 3 is 1.33 bits per heavy atom. The van der Waals surface area contributed by atoms with Crippen molar-refractivity contribution >= 4 is 49.5 Å². The topological polar surface area (TPSA) is 54.8 Å². The van der Waals surface area contributed by atoms with Crippen molar-refractivity contribution in [1.82, 2.24) is 19.9 Å². The zero-order valence-corrected chi connectivity index (χ0v) is 29.8. The Morgan fingerprint density at radius 2 is 0.764 bits per heavy atom. The van der Waals surface area contributed by atoms with E-state index in [-0.39, 0.29) is 0 Å². The largest absolute Gasteiger partial charge is 0.310 e. The van der Waals surface area contributed by atoms with E-state index in [0.717, 1.165) is 66.7 Å². The first kappa shape index (κ1) is 32.2. The number of hydrogen-bond donors (Lipinski definition) is 0. The van der Waals surface area contributed by atoms with E-state index >= 15 is 0 Å². The van der Waals surface area contributed by atoms with E-state index in [2.05, 4.69) is 144 Å². The van der Waals surface area contributed by atoms with Crippen molar-refractivity contribution in [3.05, 3.63) is 200 Å². The molecule has 0 atom stereocenters. The second-order valence-electron chi connectivity index (χ2n) is 13.5. The summed E-state index contributed by atoms with van der Waals surface area (Å²) in [5.41, 5.74) is 8.81. The third-order valence-corrected chi connectivity index (χ3v) is 10.1. The van der Waals surface area contributed by atoms with Crippen LogP contribution in [0.4, 0.5) is 17.1 Å². The highest BCUT2D eigenvalue weighted by molar-refractivity contribution is 6.27. The fraction of sp³-hybridized carbons (Fsp3) is 0. The maximum Gasteiger partial charge on any atom is 0.164 e. The van der Waals surface area contributed by atoms with Gasteiger partial charge < -0.3 is 4.90 Å². The molecule has 0 aliphatic rings. The molecule has 0 saturated carbocycles. The Labute approximate surface area is 318 Å². The maximum absolute atomic E-state index is 5.45. The van der Waals surface area contributed by atoms with Crippen LogP contribution in [0.2, 0.25) is 0 Å². The first-order valence-electron chi connectivity index (χ1n) is 18.4. The third-order valence-electron chi connectivity index (χ3n) is 10.1. The number of fused-ring (bicyclic) bond motifs is 5. The Kier molecular flexibility index (Phi) is 8.08. The maximum atomic E-state index is 5.45. The van der Waals surface area contributed by atoms with E-state index in [0.29, 0.717) is 17.5 Å². The summed E-state index contributed by atoms with van der Waals surface area (Å²) in [6, 6.07) is 69.3. The van der Waals surface area contributed by atoms with Crippen LogP contribution in [-0.2, 0) is 0 Å². The van der Waals surface area contributed by atoms with Crippen LogP contribution in [-0.4, -0.2) is 19.9 Å². The van der Waals surface area contributed by atoms with Crippen LogP contribution in [0.15, 0.2) is 200 Å². The zero-order chi connectivity index (χ0) is 36.6. The lowest BCUT2D eigenvalue weighted by atomic mass is 9.92. The molecule has 0 saturated heterocycles. The van der Waals surface area contributed by atoms with Crippen LogP contribution >= 0.6 is 0 Å². The lowest BCUT2D eigenvalue weighted by molar-refractivity contribution is 1.07. The summed E-state index contributed by atoms with van der Waals surface area (Å²) in [5, 5.41) is 5.72. The number of anilines is 3. The molecule has 10 aromatic rings. The molecule has 5 nitrogen and oxygen atoms in total. The molecule has 0 bridgehead atoms. The summed E-state index contributed by atoms with van der Waals surface area (Å²) in [6.45, 7) is 0. The molecule has 2 aromatic heterocycles. The van der Waals surface area contributed by atoms with Crippen molar-refractivity contribution in [3.8, 4) is 45.4 Å². The molecule has 2 heterocycles. The van der Waals surface area contributed by atoms with Crippen LogP contribution < -0.4 is 4.90 Å². The number of para-hydroxylation sites is 3. The van der Waals surface area contributed by atoms with Crippen LogP contribution in [0.25, 0.3) is 77.9 Å². The predicted molar refractivity (Wildman–Crippen MR) is 227 cm³/mol. The van der Waals surface area contributed by atoms with Crippen molar-refractivity contribution in [2.24, 2.45) is 0 Å². The highest BCUT2D eigenvalue weighted by atomic mass is 15.1. The summed E-state index contributed by atoms with van der Waals surface area (Å²) in [5.74, 6) is 1.88. The summed E-state index contributed by atoms with van der Waals surface area (Å²) < 4.78 is 0. The average Bonchev–Trinajstić information content (AvgIpc) is 3.27. The number of rotatable bonds is 7. The van der Waals surface area contributed by atoms with Gasteiger partial charge in [0.1, 0.15) is 0 Å². The molecule has 0 amide bonds. The quantitative estimate of drug-likeness (QED) is 0.155. The van der Waals surface area contributed by atoms with E-state index in [1.54, 1.807) is 0 Å². The highest BCUT2D eigenvalue weighted by Gasteiger charge is 2.23. The molecule has 0 aliphatic carbocycles. The number of hydrogen-bond acceptors (Lipinski definition) is 5. The molecule has 10 rings (SSSR count). The van der Waals surface area contributed by atoms with Gasteiger partial charge in [0.05, 0.1) is 16.9 Å². The van der Waals surface area contributed by atoms with Gasteiger partial charge in [-0.25, -0.2) is 19.9 Å². The van der Waals surface area contributed by atoms with E-state index in [4.69, 9.17) is 19.9 Å². The van der Waals surface area contributed by atoms with Crippen LogP contribution in [0.5, 0.6) is 0 Å². The van der Waals surface area contributed by atoms with Crippen molar-refractivity contribution in [2.45, 2.75) is 0 Å². The Bertz CT molecular complexity index is 2840. The van der Waals surface area contributed by atoms with E-state index in [9.17, 15) is 0 Å². The normalized spacial score (nSPS) is 11.3. The van der Waals surface area contributed by atoms with Gasteiger partial charge in [-0.2, -0.15) is 0 Å². The summed E-state index contributed by atoms with van der Waals surface area (Å²) in [7, 11) is 0. The van der Waals surface area contributed by atoms with Gasteiger partial charge in [-0.3, -0.25) is 0 Å². The minimum atomic E-state index is 0.613. The molecule has 258 valence electrons. The second-order valence-corrected chi connectivity index (χ2v) is 13.5. The molecule has 5 heteroatoms.